The largest absolute Gasteiger partial charge is 0.478 e. The number of carbonyl (C=O) groups is 1. The van der Waals surface area contributed by atoms with E-state index in [4.69, 9.17) is 7.85 Å². The Labute approximate surface area is 160 Å². The molecule has 1 aromatic rings. The lowest BCUT2D eigenvalue weighted by Crippen LogP contribution is -2.34. The van der Waals surface area contributed by atoms with E-state index < -0.39 is 24.2 Å². The molecule has 2 nitrogen and oxygen atoms in total. The van der Waals surface area contributed by atoms with Crippen molar-refractivity contribution in [1.82, 2.24) is 0 Å². The van der Waals surface area contributed by atoms with Gasteiger partial charge in [-0.2, -0.15) is 0 Å². The average Bonchev–Trinajstić information content (AvgIpc) is 2.64. The summed E-state index contributed by atoms with van der Waals surface area (Å²) in [6, 6.07) is 4.35. The van der Waals surface area contributed by atoms with Gasteiger partial charge in [0.05, 0.1) is 5.57 Å². The van der Waals surface area contributed by atoms with Crippen molar-refractivity contribution in [3.8, 4) is 0 Å². The first kappa shape index (κ1) is 16.1. The number of aryl methyl sites for hydroxylation is 1. The molecular weight excluding hydrogens is 320 g/mol. The van der Waals surface area contributed by atoms with Crippen molar-refractivity contribution in [3.63, 3.8) is 0 Å². The summed E-state index contributed by atoms with van der Waals surface area (Å²) in [4.78, 5) is 11.1. The standard InChI is InChI=1S/C24H30O2/c1-15-13-20-21(24(5,6)12-11-23(20,3)4)14-19(15)16(2)17-7-9-18(10-8-17)22(25)26/h7,9-10,13-14,17H,2,8,11-12H2,1,3-6H3,(H,25,26)/i11T,12T. The minimum absolute atomic E-state index is 0.0651. The van der Waals surface area contributed by atoms with Crippen LogP contribution in [0.3, 0.4) is 0 Å². The van der Waals surface area contributed by atoms with Gasteiger partial charge in [0.15, 0.2) is 0 Å². The lowest BCUT2D eigenvalue weighted by Gasteiger charge is -2.42. The van der Waals surface area contributed by atoms with Crippen LogP contribution in [-0.4, -0.2) is 11.1 Å². The number of carboxylic acid groups (broad SMARTS) is 1. The highest BCUT2D eigenvalue weighted by Gasteiger charge is 2.37. The zero-order valence-electron chi connectivity index (χ0n) is 18.4. The predicted octanol–water partition coefficient (Wildman–Crippen LogP) is 5.94. The maximum Gasteiger partial charge on any atom is 0.335 e. The molecule has 2 heteroatoms. The number of rotatable bonds is 3. The van der Waals surface area contributed by atoms with Gasteiger partial charge in [-0.05, 0) is 64.8 Å². The van der Waals surface area contributed by atoms with Crippen LogP contribution in [0.15, 0.2) is 42.5 Å². The summed E-state index contributed by atoms with van der Waals surface area (Å²) in [5.41, 5.74) is 4.97. The Hall–Kier alpha value is -2.09. The third kappa shape index (κ3) is 3.18. The van der Waals surface area contributed by atoms with Crippen LogP contribution in [0.4, 0.5) is 0 Å². The monoisotopic (exact) mass is 354 g/mol. The van der Waals surface area contributed by atoms with Gasteiger partial charge in [0, 0.05) is 8.66 Å². The number of allylic oxidation sites excluding steroid dienone is 3. The second-order valence-electron chi connectivity index (χ2n) is 8.68. The van der Waals surface area contributed by atoms with E-state index in [1.54, 1.807) is 12.2 Å². The third-order valence-electron chi connectivity index (χ3n) is 5.81. The molecule has 0 aromatic heterocycles. The molecule has 2 aliphatic rings. The van der Waals surface area contributed by atoms with E-state index in [1.165, 1.54) is 0 Å². The van der Waals surface area contributed by atoms with Crippen LogP contribution < -0.4 is 0 Å². The van der Waals surface area contributed by atoms with Gasteiger partial charge >= 0.3 is 5.97 Å². The van der Waals surface area contributed by atoms with E-state index in [9.17, 15) is 4.79 Å². The van der Waals surface area contributed by atoms with Crippen LogP contribution in [0.1, 0.15) is 71.9 Å². The molecule has 1 aromatic carbocycles. The first-order chi connectivity index (χ1) is 12.9. The van der Waals surface area contributed by atoms with Crippen LogP contribution in [0.2, 0.25) is 0 Å². The quantitative estimate of drug-likeness (QED) is 0.729. The first-order valence-electron chi connectivity index (χ1n) is 10.4. The Balaban J connectivity index is 2.04. The smallest absolute Gasteiger partial charge is 0.335 e. The number of hydrogen-bond donors (Lipinski definition) is 1. The highest BCUT2D eigenvalue weighted by Crippen LogP contribution is 2.47. The Bertz CT molecular complexity index is 905. The zero-order valence-corrected chi connectivity index (χ0v) is 16.4. The maximum absolute atomic E-state index is 11.1. The number of aliphatic carboxylic acids is 1. The maximum atomic E-state index is 11.1. The van der Waals surface area contributed by atoms with Gasteiger partial charge in [-0.3, -0.25) is 0 Å². The molecule has 3 rings (SSSR count). The summed E-state index contributed by atoms with van der Waals surface area (Å²) in [6.07, 6.45) is 4.97. The fourth-order valence-corrected chi connectivity index (χ4v) is 3.95. The third-order valence-corrected chi connectivity index (χ3v) is 5.81. The van der Waals surface area contributed by atoms with Crippen molar-refractivity contribution < 1.29 is 12.6 Å². The normalized spacial score (nSPS) is 29.9. The topological polar surface area (TPSA) is 37.3 Å². The summed E-state index contributed by atoms with van der Waals surface area (Å²) in [5.74, 6) is -0.837. The molecule has 2 aliphatic carbocycles. The molecule has 26 heavy (non-hydrogen) atoms. The number of carboxylic acids is 1. The fourth-order valence-electron chi connectivity index (χ4n) is 3.95. The molecule has 0 spiro atoms. The molecule has 138 valence electrons. The van der Waals surface area contributed by atoms with Crippen LogP contribution >= 0.6 is 0 Å². The van der Waals surface area contributed by atoms with Crippen molar-refractivity contribution in [2.45, 2.75) is 64.7 Å². The molecule has 0 saturated heterocycles. The van der Waals surface area contributed by atoms with E-state index in [2.05, 4.69) is 53.3 Å². The molecule has 0 fully saturated rings. The van der Waals surface area contributed by atoms with Gasteiger partial charge in [-0.15, -0.1) is 0 Å². The second-order valence-corrected chi connectivity index (χ2v) is 8.68. The first-order valence-corrected chi connectivity index (χ1v) is 9.20. The summed E-state index contributed by atoms with van der Waals surface area (Å²) in [7, 11) is 0. The molecule has 3 unspecified atom stereocenters. The summed E-state index contributed by atoms with van der Waals surface area (Å²) in [6.45, 7) is 14.7. The van der Waals surface area contributed by atoms with Crippen LogP contribution in [-0.2, 0) is 15.6 Å². The molecule has 0 heterocycles. The van der Waals surface area contributed by atoms with Gasteiger partial charge in [0.1, 0.15) is 0 Å². The molecule has 0 bridgehead atoms. The molecule has 0 aliphatic heterocycles. The molecule has 0 amide bonds. The van der Waals surface area contributed by atoms with E-state index in [-0.39, 0.29) is 11.3 Å². The van der Waals surface area contributed by atoms with Crippen molar-refractivity contribution in [1.29, 1.82) is 0 Å². The highest BCUT2D eigenvalue weighted by molar-refractivity contribution is 5.90. The Kier molecular flexibility index (Phi) is 3.88. The lowest BCUT2D eigenvalue weighted by molar-refractivity contribution is -0.132. The van der Waals surface area contributed by atoms with E-state index in [0.29, 0.717) is 12.0 Å². The lowest BCUT2D eigenvalue weighted by atomic mass is 9.62. The molecule has 1 N–H and O–H groups in total. The summed E-state index contributed by atoms with van der Waals surface area (Å²) >= 11 is 0. The summed E-state index contributed by atoms with van der Waals surface area (Å²) in [5, 5.41) is 9.13. The van der Waals surface area contributed by atoms with Gasteiger partial charge in [0.25, 0.3) is 0 Å². The SMILES string of the molecule is [3H]C1C([3H])C(C)(C)c2cc(C(=C)C3C=CC(C(=O)O)=CC3)c(C)cc2C1(C)C. The van der Waals surface area contributed by atoms with Crippen molar-refractivity contribution in [3.05, 3.63) is 64.8 Å². The van der Waals surface area contributed by atoms with Gasteiger partial charge in [-0.25, -0.2) is 4.79 Å². The van der Waals surface area contributed by atoms with Crippen molar-refractivity contribution >= 4 is 11.5 Å². The van der Waals surface area contributed by atoms with Gasteiger partial charge < -0.3 is 5.11 Å². The Morgan fingerprint density at radius 3 is 2.27 bits per heavy atom. The molecule has 0 radical (unpaired) electrons. The predicted molar refractivity (Wildman–Crippen MR) is 108 cm³/mol. The second kappa shape index (κ2) is 6.26. The fraction of sp³-hybridized carbons (Fsp3) is 0.458. The van der Waals surface area contributed by atoms with E-state index in [1.807, 2.05) is 6.08 Å². The van der Waals surface area contributed by atoms with Crippen molar-refractivity contribution in [2.75, 3.05) is 0 Å². The Morgan fingerprint density at radius 1 is 1.19 bits per heavy atom. The Morgan fingerprint density at radius 2 is 1.77 bits per heavy atom. The number of fused-ring (bicyclic) bond motifs is 1. The molecule has 0 saturated carbocycles. The average molecular weight is 355 g/mol. The van der Waals surface area contributed by atoms with Gasteiger partial charge in [-0.1, -0.05) is 64.6 Å². The molecule has 3 atom stereocenters. The van der Waals surface area contributed by atoms with Crippen LogP contribution in [0.5, 0.6) is 0 Å². The van der Waals surface area contributed by atoms with E-state index >= 15 is 0 Å². The molecular formula is C24H30O2. The van der Waals surface area contributed by atoms with Crippen LogP contribution in [0.25, 0.3) is 5.57 Å². The number of hydrogen-bond acceptors (Lipinski definition) is 1. The highest BCUT2D eigenvalue weighted by atomic mass is 16.4. The van der Waals surface area contributed by atoms with Gasteiger partial charge in [0.2, 0.25) is 0 Å². The van der Waals surface area contributed by atoms with E-state index in [0.717, 1.165) is 27.8 Å². The number of benzene rings is 1. The minimum atomic E-state index is -0.902. The van der Waals surface area contributed by atoms with Crippen molar-refractivity contribution in [2.24, 2.45) is 5.92 Å². The minimum Gasteiger partial charge on any atom is -0.478 e. The zero-order chi connectivity index (χ0) is 21.0. The van der Waals surface area contributed by atoms with Crippen LogP contribution in [0, 0.1) is 12.8 Å². The summed E-state index contributed by atoms with van der Waals surface area (Å²) < 4.78 is 17.3.